The number of fused-ring (bicyclic) bond motifs is 2. The molecule has 21 heavy (non-hydrogen) atoms. The Bertz CT molecular complexity index is 893. The SMILES string of the molecule is NC(c1ccc2ncccc2c1)c1cc2ccccc2o1. The summed E-state index contributed by atoms with van der Waals surface area (Å²) >= 11 is 0. The minimum Gasteiger partial charge on any atom is -0.459 e. The zero-order valence-corrected chi connectivity index (χ0v) is 11.4. The van der Waals surface area contributed by atoms with Gasteiger partial charge in [-0.25, -0.2) is 0 Å². The Morgan fingerprint density at radius 3 is 2.67 bits per heavy atom. The fourth-order valence-corrected chi connectivity index (χ4v) is 2.61. The van der Waals surface area contributed by atoms with E-state index in [0.717, 1.165) is 33.2 Å². The summed E-state index contributed by atoms with van der Waals surface area (Å²) < 4.78 is 5.86. The van der Waals surface area contributed by atoms with Gasteiger partial charge in [-0.2, -0.15) is 0 Å². The number of hydrogen-bond donors (Lipinski definition) is 1. The number of para-hydroxylation sites is 1. The number of nitrogens with zero attached hydrogens (tertiary/aromatic N) is 1. The van der Waals surface area contributed by atoms with Crippen LogP contribution in [-0.4, -0.2) is 4.98 Å². The third kappa shape index (κ3) is 2.08. The fraction of sp³-hybridized carbons (Fsp3) is 0.0556. The van der Waals surface area contributed by atoms with Crippen molar-refractivity contribution in [1.29, 1.82) is 0 Å². The number of nitrogens with two attached hydrogens (primary N) is 1. The van der Waals surface area contributed by atoms with Crippen molar-refractivity contribution in [3.05, 3.63) is 78.2 Å². The Kier molecular flexibility index (Phi) is 2.72. The first-order valence-electron chi connectivity index (χ1n) is 6.90. The summed E-state index contributed by atoms with van der Waals surface area (Å²) in [6, 6.07) is 19.7. The van der Waals surface area contributed by atoms with Crippen molar-refractivity contribution in [3.63, 3.8) is 0 Å². The van der Waals surface area contributed by atoms with Gasteiger partial charge in [0.15, 0.2) is 0 Å². The Morgan fingerprint density at radius 2 is 1.76 bits per heavy atom. The molecule has 0 aliphatic heterocycles. The molecule has 102 valence electrons. The average Bonchev–Trinajstić information content (AvgIpc) is 2.97. The standard InChI is InChI=1S/C18H14N2O/c19-18(17-11-13-4-1-2-6-16(13)21-17)14-7-8-15-12(10-14)5-3-9-20-15/h1-11,18H,19H2. The van der Waals surface area contributed by atoms with Crippen molar-refractivity contribution in [1.82, 2.24) is 4.98 Å². The predicted octanol–water partition coefficient (Wildman–Crippen LogP) is 4.03. The van der Waals surface area contributed by atoms with Crippen LogP contribution in [0.25, 0.3) is 21.9 Å². The lowest BCUT2D eigenvalue weighted by Crippen LogP contribution is -2.10. The van der Waals surface area contributed by atoms with E-state index in [0.29, 0.717) is 0 Å². The van der Waals surface area contributed by atoms with Crippen LogP contribution in [0.4, 0.5) is 0 Å². The van der Waals surface area contributed by atoms with Crippen molar-refractivity contribution in [2.75, 3.05) is 0 Å². The highest BCUT2D eigenvalue weighted by atomic mass is 16.3. The van der Waals surface area contributed by atoms with E-state index in [1.807, 2.05) is 54.6 Å². The summed E-state index contributed by atoms with van der Waals surface area (Å²) in [5.74, 6) is 0.777. The summed E-state index contributed by atoms with van der Waals surface area (Å²) in [5, 5.41) is 2.16. The highest BCUT2D eigenvalue weighted by Gasteiger charge is 2.14. The number of pyridine rings is 1. The Hall–Kier alpha value is -2.65. The summed E-state index contributed by atoms with van der Waals surface area (Å²) in [5.41, 5.74) is 9.22. The molecular formula is C18H14N2O. The molecule has 0 spiro atoms. The van der Waals surface area contributed by atoms with E-state index >= 15 is 0 Å². The molecule has 3 heteroatoms. The molecule has 2 heterocycles. The molecule has 4 aromatic rings. The maximum atomic E-state index is 6.36. The summed E-state index contributed by atoms with van der Waals surface area (Å²) in [6.07, 6.45) is 1.79. The second kappa shape index (κ2) is 4.72. The van der Waals surface area contributed by atoms with Gasteiger partial charge >= 0.3 is 0 Å². The van der Waals surface area contributed by atoms with E-state index in [2.05, 4.69) is 11.1 Å². The average molecular weight is 274 g/mol. The van der Waals surface area contributed by atoms with E-state index < -0.39 is 0 Å². The number of hydrogen-bond acceptors (Lipinski definition) is 3. The van der Waals surface area contributed by atoms with Crippen LogP contribution in [0.5, 0.6) is 0 Å². The van der Waals surface area contributed by atoms with Gasteiger partial charge in [0.05, 0.1) is 11.6 Å². The summed E-state index contributed by atoms with van der Waals surface area (Å²) in [6.45, 7) is 0. The van der Waals surface area contributed by atoms with Crippen LogP contribution in [0.2, 0.25) is 0 Å². The van der Waals surface area contributed by atoms with Crippen molar-refractivity contribution in [3.8, 4) is 0 Å². The first kappa shape index (κ1) is 12.1. The molecule has 0 fully saturated rings. The summed E-state index contributed by atoms with van der Waals surface area (Å²) in [4.78, 5) is 4.32. The highest BCUT2D eigenvalue weighted by Crippen LogP contribution is 2.27. The van der Waals surface area contributed by atoms with Crippen LogP contribution in [0.15, 0.2) is 71.3 Å². The van der Waals surface area contributed by atoms with E-state index in [-0.39, 0.29) is 6.04 Å². The molecule has 0 amide bonds. The van der Waals surface area contributed by atoms with Gasteiger partial charge in [-0.3, -0.25) is 4.98 Å². The Morgan fingerprint density at radius 1 is 0.905 bits per heavy atom. The lowest BCUT2D eigenvalue weighted by atomic mass is 10.0. The Balaban J connectivity index is 1.79. The van der Waals surface area contributed by atoms with Crippen LogP contribution < -0.4 is 5.73 Å². The molecule has 2 aromatic carbocycles. The van der Waals surface area contributed by atoms with Gasteiger partial charge in [-0.05, 0) is 35.9 Å². The first-order valence-corrected chi connectivity index (χ1v) is 6.90. The van der Waals surface area contributed by atoms with Gasteiger partial charge in [0.2, 0.25) is 0 Å². The van der Waals surface area contributed by atoms with Crippen LogP contribution in [-0.2, 0) is 0 Å². The second-order valence-corrected chi connectivity index (χ2v) is 5.12. The molecule has 0 aliphatic carbocycles. The number of furan rings is 1. The highest BCUT2D eigenvalue weighted by molar-refractivity contribution is 5.80. The number of aromatic nitrogens is 1. The van der Waals surface area contributed by atoms with E-state index in [9.17, 15) is 0 Å². The minimum atomic E-state index is -0.276. The third-order valence-corrected chi connectivity index (χ3v) is 3.74. The predicted molar refractivity (Wildman–Crippen MR) is 84.0 cm³/mol. The zero-order valence-electron chi connectivity index (χ0n) is 11.4. The molecule has 0 aliphatic rings. The molecule has 0 radical (unpaired) electrons. The van der Waals surface area contributed by atoms with Gasteiger partial charge in [0, 0.05) is 17.0 Å². The maximum absolute atomic E-state index is 6.36. The van der Waals surface area contributed by atoms with Crippen molar-refractivity contribution < 1.29 is 4.42 Å². The Labute approximate surface area is 122 Å². The van der Waals surface area contributed by atoms with Gasteiger partial charge in [-0.1, -0.05) is 30.3 Å². The minimum absolute atomic E-state index is 0.276. The molecule has 0 saturated heterocycles. The van der Waals surface area contributed by atoms with Crippen LogP contribution in [0.3, 0.4) is 0 Å². The molecule has 2 N–H and O–H groups in total. The quantitative estimate of drug-likeness (QED) is 0.600. The molecule has 4 rings (SSSR count). The molecule has 3 nitrogen and oxygen atoms in total. The molecular weight excluding hydrogens is 260 g/mol. The smallest absolute Gasteiger partial charge is 0.134 e. The summed E-state index contributed by atoms with van der Waals surface area (Å²) in [7, 11) is 0. The monoisotopic (exact) mass is 274 g/mol. The van der Waals surface area contributed by atoms with E-state index in [1.54, 1.807) is 6.20 Å². The topological polar surface area (TPSA) is 52.0 Å². The third-order valence-electron chi connectivity index (χ3n) is 3.74. The number of rotatable bonds is 2. The van der Waals surface area contributed by atoms with E-state index in [4.69, 9.17) is 10.2 Å². The first-order chi connectivity index (χ1) is 10.3. The van der Waals surface area contributed by atoms with Crippen molar-refractivity contribution in [2.45, 2.75) is 6.04 Å². The van der Waals surface area contributed by atoms with Gasteiger partial charge in [-0.15, -0.1) is 0 Å². The number of benzene rings is 2. The second-order valence-electron chi connectivity index (χ2n) is 5.12. The van der Waals surface area contributed by atoms with E-state index in [1.165, 1.54) is 0 Å². The van der Waals surface area contributed by atoms with Crippen LogP contribution >= 0.6 is 0 Å². The van der Waals surface area contributed by atoms with Crippen LogP contribution in [0.1, 0.15) is 17.4 Å². The molecule has 1 atom stereocenters. The largest absolute Gasteiger partial charge is 0.459 e. The zero-order chi connectivity index (χ0) is 14.2. The fourth-order valence-electron chi connectivity index (χ4n) is 2.61. The van der Waals surface area contributed by atoms with Crippen molar-refractivity contribution >= 4 is 21.9 Å². The molecule has 2 aromatic heterocycles. The molecule has 0 bridgehead atoms. The lowest BCUT2D eigenvalue weighted by Gasteiger charge is -2.09. The van der Waals surface area contributed by atoms with Gasteiger partial charge in [0.1, 0.15) is 11.3 Å². The lowest BCUT2D eigenvalue weighted by molar-refractivity contribution is 0.525. The van der Waals surface area contributed by atoms with Crippen molar-refractivity contribution in [2.24, 2.45) is 5.73 Å². The maximum Gasteiger partial charge on any atom is 0.134 e. The van der Waals surface area contributed by atoms with Gasteiger partial charge < -0.3 is 10.2 Å². The van der Waals surface area contributed by atoms with Crippen LogP contribution in [0, 0.1) is 0 Å². The van der Waals surface area contributed by atoms with Gasteiger partial charge in [0.25, 0.3) is 0 Å². The normalized spacial score (nSPS) is 12.8. The molecule has 0 saturated carbocycles. The molecule has 1 unspecified atom stereocenters.